The van der Waals surface area contributed by atoms with E-state index in [1.807, 2.05) is 13.0 Å². The van der Waals surface area contributed by atoms with E-state index in [1.54, 1.807) is 13.2 Å². The van der Waals surface area contributed by atoms with E-state index in [0.717, 1.165) is 5.56 Å². The van der Waals surface area contributed by atoms with Crippen LogP contribution in [0.25, 0.3) is 0 Å². The van der Waals surface area contributed by atoms with Gasteiger partial charge in [-0.25, -0.2) is 0 Å². The zero-order valence-electron chi connectivity index (χ0n) is 7.92. The SMILES string of the molecule is COc1cc(C)cc([11C]#N)c1OC. The van der Waals surface area contributed by atoms with Gasteiger partial charge in [-0.15, -0.1) is 0 Å². The summed E-state index contributed by atoms with van der Waals surface area (Å²) in [5.41, 5.74) is 1.48. The van der Waals surface area contributed by atoms with Crippen molar-refractivity contribution in [3.63, 3.8) is 0 Å². The number of aryl methyl sites for hydroxylation is 1. The van der Waals surface area contributed by atoms with Crippen LogP contribution in [0.3, 0.4) is 0 Å². The lowest BCUT2D eigenvalue weighted by Crippen LogP contribution is -1.94. The lowest BCUT2D eigenvalue weighted by atomic mass is 9.97. The van der Waals surface area contributed by atoms with Gasteiger partial charge in [0.05, 0.1) is 19.8 Å². The maximum absolute atomic E-state index is 8.81. The summed E-state index contributed by atoms with van der Waals surface area (Å²) in [6, 6.07) is 5.66. The third-order valence-corrected chi connectivity index (χ3v) is 1.74. The average molecular weight is 176 g/mol. The highest BCUT2D eigenvalue weighted by molar-refractivity contribution is 5.54. The Morgan fingerprint density at radius 1 is 1.23 bits per heavy atom. The summed E-state index contributed by atoms with van der Waals surface area (Å²) in [5, 5.41) is 8.81. The van der Waals surface area contributed by atoms with Crippen molar-refractivity contribution in [3.05, 3.63) is 23.3 Å². The fourth-order valence-corrected chi connectivity index (χ4v) is 1.19. The van der Waals surface area contributed by atoms with E-state index in [1.165, 1.54) is 7.11 Å². The molecule has 1 rings (SSSR count). The molecule has 0 spiro atoms. The first-order valence-corrected chi connectivity index (χ1v) is 3.85. The summed E-state index contributed by atoms with van der Waals surface area (Å²) < 4.78 is 10.1. The number of benzene rings is 1. The topological polar surface area (TPSA) is 42.2 Å². The molecule has 0 saturated carbocycles. The first kappa shape index (κ1) is 9.40. The molecule has 1 aromatic carbocycles. The molecule has 0 bridgehead atoms. The van der Waals surface area contributed by atoms with Crippen LogP contribution in [0.2, 0.25) is 0 Å². The van der Waals surface area contributed by atoms with Crippen molar-refractivity contribution in [2.24, 2.45) is 0 Å². The van der Waals surface area contributed by atoms with Crippen LogP contribution in [0, 0.1) is 18.3 Å². The van der Waals surface area contributed by atoms with E-state index in [4.69, 9.17) is 14.7 Å². The van der Waals surface area contributed by atoms with Gasteiger partial charge in [0.15, 0.2) is 11.5 Å². The first-order chi connectivity index (χ1) is 6.22. The molecule has 1 aromatic rings. The van der Waals surface area contributed by atoms with Crippen molar-refractivity contribution in [1.82, 2.24) is 0 Å². The predicted molar refractivity (Wildman–Crippen MR) is 49.0 cm³/mol. The van der Waals surface area contributed by atoms with Gasteiger partial charge < -0.3 is 9.47 Å². The average Bonchev–Trinajstić information content (AvgIpc) is 2.16. The molecule has 0 fully saturated rings. The number of hydrogen-bond donors (Lipinski definition) is 0. The summed E-state index contributed by atoms with van der Waals surface area (Å²) in [7, 11) is 3.08. The monoisotopic (exact) mass is 176 g/mol. The summed E-state index contributed by atoms with van der Waals surface area (Å²) >= 11 is 0. The van der Waals surface area contributed by atoms with Crippen LogP contribution in [-0.4, -0.2) is 14.2 Å². The van der Waals surface area contributed by atoms with Crippen molar-refractivity contribution < 1.29 is 9.47 Å². The minimum absolute atomic E-state index is 0.496. The molecule has 0 heterocycles. The van der Waals surface area contributed by atoms with Gasteiger partial charge in [-0.1, -0.05) is 0 Å². The predicted octanol–water partition coefficient (Wildman–Crippen LogP) is 1.88. The zero-order chi connectivity index (χ0) is 9.84. The second kappa shape index (κ2) is 3.81. The molecule has 0 atom stereocenters. The van der Waals surface area contributed by atoms with E-state index >= 15 is 0 Å². The summed E-state index contributed by atoms with van der Waals surface area (Å²) in [4.78, 5) is 0. The molecule has 0 amide bonds. The van der Waals surface area contributed by atoms with Crippen LogP contribution in [0.5, 0.6) is 11.5 Å². The fraction of sp³-hybridized carbons (Fsp3) is 0.300. The lowest BCUT2D eigenvalue weighted by molar-refractivity contribution is 0.354. The third kappa shape index (κ3) is 1.73. The number of rotatable bonds is 2. The van der Waals surface area contributed by atoms with Gasteiger partial charge in [-0.3, -0.25) is 0 Å². The number of ether oxygens (including phenoxy) is 2. The van der Waals surface area contributed by atoms with Gasteiger partial charge in [0.2, 0.25) is 0 Å². The highest BCUT2D eigenvalue weighted by Gasteiger charge is 2.09. The van der Waals surface area contributed by atoms with Crippen LogP contribution in [0.1, 0.15) is 11.1 Å². The van der Waals surface area contributed by atoms with Gasteiger partial charge >= 0.3 is 0 Å². The van der Waals surface area contributed by atoms with Gasteiger partial charge in [0, 0.05) is 0 Å². The van der Waals surface area contributed by atoms with Gasteiger partial charge in [-0.05, 0) is 24.6 Å². The van der Waals surface area contributed by atoms with Crippen LogP contribution in [0.4, 0.5) is 0 Å². The van der Waals surface area contributed by atoms with Crippen LogP contribution in [0.15, 0.2) is 12.1 Å². The van der Waals surface area contributed by atoms with Crippen molar-refractivity contribution in [1.29, 1.82) is 5.26 Å². The van der Waals surface area contributed by atoms with Crippen molar-refractivity contribution in [2.75, 3.05) is 14.2 Å². The molecule has 68 valence electrons. The minimum Gasteiger partial charge on any atom is -0.493 e. The van der Waals surface area contributed by atoms with E-state index in [9.17, 15) is 0 Å². The number of hydrogen-bond acceptors (Lipinski definition) is 3. The second-order valence-electron chi connectivity index (χ2n) is 2.66. The van der Waals surface area contributed by atoms with Crippen LogP contribution < -0.4 is 9.47 Å². The summed E-state index contributed by atoms with van der Waals surface area (Å²) in [5.74, 6) is 1.09. The normalized spacial score (nSPS) is 9.08. The molecule has 0 N–H and O–H groups in total. The Kier molecular flexibility index (Phi) is 2.76. The van der Waals surface area contributed by atoms with E-state index in [2.05, 4.69) is 6.07 Å². The highest BCUT2D eigenvalue weighted by Crippen LogP contribution is 2.31. The molecule has 0 aliphatic carbocycles. The second-order valence-corrected chi connectivity index (χ2v) is 2.66. The maximum atomic E-state index is 8.81. The molecule has 0 aliphatic heterocycles. The third-order valence-electron chi connectivity index (χ3n) is 1.74. The minimum atomic E-state index is 0.496. The standard InChI is InChI=1S/C10H11NO2/c1-7-4-8(6-11)10(13-3)9(5-7)12-2/h4-5H,1-3H3/i6-1. The molecular weight excluding hydrogens is 165 g/mol. The van der Waals surface area contributed by atoms with E-state index < -0.39 is 0 Å². The van der Waals surface area contributed by atoms with Gasteiger partial charge in [0.25, 0.3) is 0 Å². The largest absolute Gasteiger partial charge is 0.493 e. The molecule has 0 aliphatic rings. The Bertz CT molecular complexity index is 353. The Morgan fingerprint density at radius 2 is 1.92 bits per heavy atom. The quantitative estimate of drug-likeness (QED) is 0.691. The number of methoxy groups -OCH3 is 2. The number of nitrogens with zero attached hydrogens (tertiary/aromatic N) is 1. The van der Waals surface area contributed by atoms with E-state index in [0.29, 0.717) is 17.1 Å². The smallest absolute Gasteiger partial charge is 0.178 e. The molecule has 13 heavy (non-hydrogen) atoms. The number of nitriles is 1. The molecule has 0 saturated heterocycles. The molecule has 3 heteroatoms. The molecule has 0 unspecified atom stereocenters. The van der Waals surface area contributed by atoms with Crippen molar-refractivity contribution >= 4 is 0 Å². The van der Waals surface area contributed by atoms with Crippen molar-refractivity contribution in [2.45, 2.75) is 6.92 Å². The molecular formula is C10H11NO2. The van der Waals surface area contributed by atoms with Crippen LogP contribution >= 0.6 is 0 Å². The van der Waals surface area contributed by atoms with Crippen molar-refractivity contribution in [3.8, 4) is 17.6 Å². The van der Waals surface area contributed by atoms with Gasteiger partial charge in [0.1, 0.15) is 6.07 Å². The van der Waals surface area contributed by atoms with E-state index in [-0.39, 0.29) is 0 Å². The summed E-state index contributed by atoms with van der Waals surface area (Å²) in [6.07, 6.45) is 0. The van der Waals surface area contributed by atoms with Crippen LogP contribution in [-0.2, 0) is 0 Å². The Labute approximate surface area is 77.5 Å². The Hall–Kier alpha value is -1.69. The Balaban J connectivity index is 3.36. The molecule has 3 nitrogen and oxygen atoms in total. The Morgan fingerprint density at radius 3 is 2.38 bits per heavy atom. The molecule has 0 aromatic heterocycles. The highest BCUT2D eigenvalue weighted by atomic mass is 16.5. The summed E-state index contributed by atoms with van der Waals surface area (Å²) in [6.45, 7) is 1.91. The maximum Gasteiger partial charge on any atom is 0.178 e. The zero-order valence-corrected chi connectivity index (χ0v) is 7.92. The van der Waals surface area contributed by atoms with Gasteiger partial charge in [-0.2, -0.15) is 5.26 Å². The first-order valence-electron chi connectivity index (χ1n) is 3.85. The lowest BCUT2D eigenvalue weighted by Gasteiger charge is -2.09. The molecule has 0 radical (unpaired) electrons. The fourth-order valence-electron chi connectivity index (χ4n) is 1.19.